The lowest BCUT2D eigenvalue weighted by molar-refractivity contribution is -0.138. The third-order valence-electron chi connectivity index (χ3n) is 8.51. The first kappa shape index (κ1) is 41.6. The molecule has 13 nitrogen and oxygen atoms in total. The van der Waals surface area contributed by atoms with Gasteiger partial charge < -0.3 is 10.6 Å². The number of benzene rings is 3. The summed E-state index contributed by atoms with van der Waals surface area (Å²) < 4.78 is 78.6. The number of hydrazone groups is 1. The molecule has 6 rings (SSSR count). The topological polar surface area (TPSA) is 151 Å². The second-order valence-corrected chi connectivity index (χ2v) is 13.2. The maximum Gasteiger partial charge on any atom is 0.418 e. The van der Waals surface area contributed by atoms with Crippen molar-refractivity contribution in [3.63, 3.8) is 0 Å². The van der Waals surface area contributed by atoms with Crippen molar-refractivity contribution in [2.45, 2.75) is 24.9 Å². The predicted octanol–water partition coefficient (Wildman–Crippen LogP) is 6.26. The number of anilines is 3. The molecule has 2 aliphatic rings. The molecule has 6 amide bonds. The first-order valence-electron chi connectivity index (χ1n) is 16.5. The quantitative estimate of drug-likeness (QED) is 0.0639. The molecule has 1 atom stereocenters. The smallest absolute Gasteiger partial charge is 0.308 e. The molecule has 2 saturated heterocycles. The Bertz CT molecular complexity index is 2070. The number of nitrogens with one attached hydrogen (secondary N) is 4. The van der Waals surface area contributed by atoms with Crippen LogP contribution in [0.4, 0.5) is 53.0 Å². The predicted molar refractivity (Wildman–Crippen MR) is 198 cm³/mol. The third kappa shape index (κ3) is 10.4. The van der Waals surface area contributed by atoms with Crippen molar-refractivity contribution in [1.29, 1.82) is 0 Å². The van der Waals surface area contributed by atoms with Crippen molar-refractivity contribution < 1.29 is 45.5 Å². The number of alkyl halides is 6. The number of amides is 6. The van der Waals surface area contributed by atoms with Crippen molar-refractivity contribution in [2.75, 3.05) is 48.3 Å². The van der Waals surface area contributed by atoms with Crippen LogP contribution in [0.3, 0.4) is 0 Å². The number of carbonyl (C=O) groups is 4. The maximum absolute atomic E-state index is 13.2. The van der Waals surface area contributed by atoms with Gasteiger partial charge in [-0.3, -0.25) is 29.6 Å². The second-order valence-electron chi connectivity index (χ2n) is 12.4. The van der Waals surface area contributed by atoms with Crippen LogP contribution in [0.25, 0.3) is 10.6 Å². The van der Waals surface area contributed by atoms with E-state index in [1.165, 1.54) is 29.5 Å². The molecule has 296 valence electrons. The van der Waals surface area contributed by atoms with Crippen LogP contribution in [-0.2, 0) is 28.5 Å². The molecule has 2 aliphatic heterocycles. The maximum atomic E-state index is 13.2. The fraction of sp³-hybridized carbons (Fsp3) is 0.257. The van der Waals surface area contributed by atoms with Crippen molar-refractivity contribution in [2.24, 2.45) is 5.10 Å². The van der Waals surface area contributed by atoms with E-state index >= 15 is 0 Å². The molecule has 0 saturated carbocycles. The van der Waals surface area contributed by atoms with Gasteiger partial charge in [-0.25, -0.2) is 20.0 Å². The normalized spacial score (nSPS) is 16.8. The van der Waals surface area contributed by atoms with Crippen LogP contribution in [0.2, 0.25) is 0 Å². The molecular formula is C35H32ClF6N9O4S. The van der Waals surface area contributed by atoms with Crippen molar-refractivity contribution in [3.05, 3.63) is 95.0 Å². The average Bonchev–Trinajstić information content (AvgIpc) is 3.71. The number of imide groups is 1. The van der Waals surface area contributed by atoms with Crippen LogP contribution in [-0.4, -0.2) is 83.6 Å². The first-order valence-corrected chi connectivity index (χ1v) is 17.4. The number of rotatable bonds is 10. The van der Waals surface area contributed by atoms with Gasteiger partial charge in [0, 0.05) is 55.0 Å². The Hall–Kier alpha value is -5.57. The van der Waals surface area contributed by atoms with Crippen LogP contribution in [0.1, 0.15) is 16.8 Å². The Morgan fingerprint density at radius 2 is 1.54 bits per heavy atom. The molecule has 4 N–H and O–H groups in total. The molecule has 1 aromatic heterocycles. The molecule has 4 aromatic rings. The SMILES string of the molecule is Cl.O=C(CN1CCN(Cc2csc(-c3ccc(NC(=O)Nc4ccccc4C(F)(F)F)cc3)n2)CC1)N/N=C/C1C(=O)NC(=O)N1c1ccc(C(F)(F)F)cc1. The standard InChI is InChI=1S/C35H31F6N9O4S.ClH/c36-34(37,38)22-7-11-25(12-8-22)50-28(30(52)46-33(50)54)17-42-47-29(51)19-49-15-13-48(14-16-49)18-24-20-55-31(43-24)21-5-9-23(10-6-21)44-32(53)45-27-4-2-1-3-26(27)35(39,40)41;/h1-12,17,20,28H,13-16,18-19H2,(H,47,51)(H2,44,45,53)(H,46,52,54);1H/b42-17+;. The third-order valence-corrected chi connectivity index (χ3v) is 9.45. The van der Waals surface area contributed by atoms with Gasteiger partial charge in [0.05, 0.1) is 35.3 Å². The Labute approximate surface area is 325 Å². The van der Waals surface area contributed by atoms with Crippen LogP contribution in [0.15, 0.2) is 83.3 Å². The van der Waals surface area contributed by atoms with E-state index in [4.69, 9.17) is 4.98 Å². The molecule has 3 heterocycles. The van der Waals surface area contributed by atoms with Crippen LogP contribution >= 0.6 is 23.7 Å². The minimum absolute atomic E-state index is 0. The molecule has 21 heteroatoms. The van der Waals surface area contributed by atoms with E-state index in [0.29, 0.717) is 38.4 Å². The Morgan fingerprint density at radius 3 is 2.20 bits per heavy atom. The van der Waals surface area contributed by atoms with Crippen LogP contribution < -0.4 is 26.3 Å². The van der Waals surface area contributed by atoms with E-state index in [9.17, 15) is 45.5 Å². The Balaban J connectivity index is 0.00000600. The fourth-order valence-electron chi connectivity index (χ4n) is 5.79. The number of hydrogen-bond donors (Lipinski definition) is 4. The van der Waals surface area contributed by atoms with E-state index in [-0.39, 0.29) is 30.3 Å². The number of piperazine rings is 1. The lowest BCUT2D eigenvalue weighted by Gasteiger charge is -2.33. The summed E-state index contributed by atoms with van der Waals surface area (Å²) in [5.41, 5.74) is 2.14. The zero-order valence-electron chi connectivity index (χ0n) is 28.9. The molecule has 0 aliphatic carbocycles. The number of nitrogens with zero attached hydrogens (tertiary/aromatic N) is 5. The number of halogens is 7. The van der Waals surface area contributed by atoms with E-state index in [1.807, 2.05) is 10.3 Å². The number of hydrogen-bond acceptors (Lipinski definition) is 9. The molecule has 3 aromatic carbocycles. The molecular weight excluding hydrogens is 792 g/mol. The molecule has 2 fully saturated rings. The van der Waals surface area contributed by atoms with Gasteiger partial charge >= 0.3 is 24.4 Å². The van der Waals surface area contributed by atoms with Crippen molar-refractivity contribution >= 4 is 70.9 Å². The highest BCUT2D eigenvalue weighted by atomic mass is 35.5. The largest absolute Gasteiger partial charge is 0.418 e. The Morgan fingerprint density at radius 1 is 0.875 bits per heavy atom. The summed E-state index contributed by atoms with van der Waals surface area (Å²) in [4.78, 5) is 59.4. The lowest BCUT2D eigenvalue weighted by Crippen LogP contribution is -2.48. The van der Waals surface area contributed by atoms with Gasteiger partial charge in [-0.1, -0.05) is 12.1 Å². The monoisotopic (exact) mass is 823 g/mol. The van der Waals surface area contributed by atoms with E-state index < -0.39 is 53.4 Å². The number of carbonyl (C=O) groups excluding carboxylic acids is 4. The summed E-state index contributed by atoms with van der Waals surface area (Å²) in [6.45, 7) is 3.01. The summed E-state index contributed by atoms with van der Waals surface area (Å²) in [5, 5.41) is 13.3. The molecule has 0 spiro atoms. The van der Waals surface area contributed by atoms with Gasteiger partial charge in [-0.15, -0.1) is 23.7 Å². The summed E-state index contributed by atoms with van der Waals surface area (Å²) in [5.74, 6) is -1.22. The first-order chi connectivity index (χ1) is 26.1. The molecule has 0 radical (unpaired) electrons. The highest BCUT2D eigenvalue weighted by Gasteiger charge is 2.39. The van der Waals surface area contributed by atoms with Gasteiger partial charge in [0.2, 0.25) is 0 Å². The fourth-order valence-corrected chi connectivity index (χ4v) is 6.61. The lowest BCUT2D eigenvalue weighted by atomic mass is 10.1. The van der Waals surface area contributed by atoms with Crippen molar-refractivity contribution in [1.82, 2.24) is 25.5 Å². The number of thiazole rings is 1. The second kappa shape index (κ2) is 17.5. The molecule has 0 bridgehead atoms. The average molecular weight is 824 g/mol. The van der Waals surface area contributed by atoms with Gasteiger partial charge in [0.25, 0.3) is 11.8 Å². The minimum atomic E-state index is -4.62. The summed E-state index contributed by atoms with van der Waals surface area (Å²) in [6, 6.07) is 12.2. The van der Waals surface area contributed by atoms with Crippen molar-refractivity contribution in [3.8, 4) is 10.6 Å². The van der Waals surface area contributed by atoms with Gasteiger partial charge in [-0.2, -0.15) is 31.4 Å². The zero-order valence-corrected chi connectivity index (χ0v) is 30.5. The Kier molecular flexibility index (Phi) is 13.0. The minimum Gasteiger partial charge on any atom is -0.308 e. The number of urea groups is 2. The van der Waals surface area contributed by atoms with E-state index in [2.05, 4.69) is 31.4 Å². The van der Waals surface area contributed by atoms with Gasteiger partial charge in [0.15, 0.2) is 6.04 Å². The summed E-state index contributed by atoms with van der Waals surface area (Å²) in [7, 11) is 0. The number of aromatic nitrogens is 1. The zero-order chi connectivity index (χ0) is 39.3. The van der Waals surface area contributed by atoms with E-state index in [0.717, 1.165) is 57.7 Å². The molecule has 56 heavy (non-hydrogen) atoms. The van der Waals surface area contributed by atoms with Crippen LogP contribution in [0.5, 0.6) is 0 Å². The van der Waals surface area contributed by atoms with Crippen LogP contribution in [0, 0.1) is 0 Å². The van der Waals surface area contributed by atoms with Gasteiger partial charge in [0.1, 0.15) is 5.01 Å². The van der Waals surface area contributed by atoms with E-state index in [1.54, 1.807) is 24.3 Å². The van der Waals surface area contributed by atoms with Gasteiger partial charge in [-0.05, 0) is 60.7 Å². The summed E-state index contributed by atoms with van der Waals surface area (Å²) in [6.07, 6.45) is -8.16. The molecule has 1 unspecified atom stereocenters. The highest BCUT2D eigenvalue weighted by Crippen LogP contribution is 2.35. The highest BCUT2D eigenvalue weighted by molar-refractivity contribution is 7.13. The number of para-hydroxylation sites is 1. The summed E-state index contributed by atoms with van der Waals surface area (Å²) >= 11 is 1.43.